The van der Waals surface area contributed by atoms with Crippen molar-refractivity contribution in [3.63, 3.8) is 0 Å². The minimum absolute atomic E-state index is 0.330. The average Bonchev–Trinajstić information content (AvgIpc) is 2.06. The molecule has 0 rings (SSSR count). The topological polar surface area (TPSA) is 52.3 Å². The van der Waals surface area contributed by atoms with Gasteiger partial charge in [-0.25, -0.2) is 4.79 Å². The summed E-state index contributed by atoms with van der Waals surface area (Å²) in [6.07, 6.45) is 5.93. The van der Waals surface area contributed by atoms with E-state index < -0.39 is 5.97 Å². The predicted octanol–water partition coefficient (Wildman–Crippen LogP) is 1.13. The van der Waals surface area contributed by atoms with Gasteiger partial charge in [-0.2, -0.15) is 0 Å². The number of hydrogen-bond acceptors (Lipinski definition) is 3. The maximum Gasteiger partial charge on any atom is 0.339 e. The van der Waals surface area contributed by atoms with Gasteiger partial charge in [-0.05, 0) is 13.0 Å². The summed E-state index contributed by atoms with van der Waals surface area (Å²) >= 11 is 0. The number of esters is 1. The second kappa shape index (κ2) is 6.22. The Morgan fingerprint density at radius 1 is 1.67 bits per heavy atom. The van der Waals surface area contributed by atoms with Crippen LogP contribution in [0.2, 0.25) is 0 Å². The highest BCUT2D eigenvalue weighted by molar-refractivity contribution is 5.91. The van der Waals surface area contributed by atoms with Gasteiger partial charge >= 0.3 is 5.97 Å². The highest BCUT2D eigenvalue weighted by Gasteiger charge is 2.04. The van der Waals surface area contributed by atoms with E-state index in [2.05, 4.69) is 6.58 Å². The van der Waals surface area contributed by atoms with Gasteiger partial charge in [-0.1, -0.05) is 18.7 Å². The van der Waals surface area contributed by atoms with E-state index in [-0.39, 0.29) is 0 Å². The van der Waals surface area contributed by atoms with Crippen molar-refractivity contribution >= 4 is 5.97 Å². The minimum atomic E-state index is -0.418. The lowest BCUT2D eigenvalue weighted by atomic mass is 10.2. The molecule has 0 fully saturated rings. The van der Waals surface area contributed by atoms with E-state index >= 15 is 0 Å². The highest BCUT2D eigenvalue weighted by Crippen LogP contribution is 1.98. The molecule has 0 amide bonds. The quantitative estimate of drug-likeness (QED) is 0.388. The van der Waals surface area contributed by atoms with Gasteiger partial charge in [0, 0.05) is 6.20 Å². The first-order valence-corrected chi connectivity index (χ1v) is 3.64. The normalized spacial score (nSPS) is 11.6. The molecule has 0 aromatic carbocycles. The first-order valence-electron chi connectivity index (χ1n) is 3.64. The zero-order chi connectivity index (χ0) is 9.40. The van der Waals surface area contributed by atoms with Crippen LogP contribution in [-0.2, 0) is 9.53 Å². The van der Waals surface area contributed by atoms with Crippen LogP contribution >= 0.6 is 0 Å². The van der Waals surface area contributed by atoms with Crippen LogP contribution in [0.3, 0.4) is 0 Å². The van der Waals surface area contributed by atoms with Crippen LogP contribution in [0.15, 0.2) is 36.6 Å². The fraction of sp³-hybridized carbons (Fsp3) is 0.222. The van der Waals surface area contributed by atoms with Crippen LogP contribution in [0.25, 0.3) is 0 Å². The van der Waals surface area contributed by atoms with Crippen molar-refractivity contribution < 1.29 is 9.53 Å². The Hall–Kier alpha value is -1.51. The number of carbonyl (C=O) groups excluding carboxylic acids is 1. The molecule has 12 heavy (non-hydrogen) atoms. The molecule has 0 bridgehead atoms. The SMILES string of the molecule is C=C/C=C\C(=C/N)C(=O)OCC. The third kappa shape index (κ3) is 3.61. The van der Waals surface area contributed by atoms with E-state index in [1.54, 1.807) is 25.2 Å². The molecular formula is C9H13NO2. The lowest BCUT2D eigenvalue weighted by molar-refractivity contribution is -0.138. The number of nitrogens with two attached hydrogens (primary N) is 1. The summed E-state index contributed by atoms with van der Waals surface area (Å²) in [6.45, 7) is 5.55. The average molecular weight is 167 g/mol. The maximum atomic E-state index is 11.0. The van der Waals surface area contributed by atoms with Crippen molar-refractivity contribution in [2.45, 2.75) is 6.92 Å². The molecule has 0 unspecified atom stereocenters. The van der Waals surface area contributed by atoms with E-state index in [9.17, 15) is 4.79 Å². The molecule has 0 atom stereocenters. The van der Waals surface area contributed by atoms with Crippen LogP contribution in [0.4, 0.5) is 0 Å². The Morgan fingerprint density at radius 3 is 2.75 bits per heavy atom. The molecule has 3 heteroatoms. The summed E-state index contributed by atoms with van der Waals surface area (Å²) < 4.78 is 4.72. The zero-order valence-corrected chi connectivity index (χ0v) is 7.12. The second-order valence-corrected chi connectivity index (χ2v) is 1.94. The molecule has 2 N–H and O–H groups in total. The lowest BCUT2D eigenvalue weighted by Gasteiger charge is -1.99. The van der Waals surface area contributed by atoms with Crippen molar-refractivity contribution in [1.29, 1.82) is 0 Å². The zero-order valence-electron chi connectivity index (χ0n) is 7.12. The molecule has 0 saturated carbocycles. The van der Waals surface area contributed by atoms with E-state index in [1.807, 2.05) is 0 Å². The number of carbonyl (C=O) groups is 1. The number of ether oxygens (including phenoxy) is 1. The van der Waals surface area contributed by atoms with Crippen LogP contribution in [0.5, 0.6) is 0 Å². The van der Waals surface area contributed by atoms with Crippen LogP contribution < -0.4 is 5.73 Å². The summed E-state index contributed by atoms with van der Waals surface area (Å²) in [6, 6.07) is 0. The summed E-state index contributed by atoms with van der Waals surface area (Å²) in [7, 11) is 0. The summed E-state index contributed by atoms with van der Waals surface area (Å²) in [5.41, 5.74) is 5.53. The molecule has 0 aliphatic carbocycles. The van der Waals surface area contributed by atoms with E-state index in [4.69, 9.17) is 10.5 Å². The Kier molecular flexibility index (Phi) is 5.43. The number of hydrogen-bond donors (Lipinski definition) is 1. The Balaban J connectivity index is 4.26. The fourth-order valence-electron chi connectivity index (χ4n) is 0.578. The molecule has 0 radical (unpaired) electrons. The van der Waals surface area contributed by atoms with Crippen molar-refractivity contribution in [3.8, 4) is 0 Å². The van der Waals surface area contributed by atoms with Gasteiger partial charge in [0.05, 0.1) is 12.2 Å². The van der Waals surface area contributed by atoms with Crippen LogP contribution in [-0.4, -0.2) is 12.6 Å². The van der Waals surface area contributed by atoms with Gasteiger partial charge in [-0.3, -0.25) is 0 Å². The van der Waals surface area contributed by atoms with Crippen molar-refractivity contribution in [2.75, 3.05) is 6.61 Å². The van der Waals surface area contributed by atoms with Gasteiger partial charge in [0.15, 0.2) is 0 Å². The first-order chi connectivity index (χ1) is 5.76. The van der Waals surface area contributed by atoms with Crippen molar-refractivity contribution in [3.05, 3.63) is 36.6 Å². The van der Waals surface area contributed by atoms with Gasteiger partial charge in [-0.15, -0.1) is 0 Å². The smallest absolute Gasteiger partial charge is 0.339 e. The number of rotatable bonds is 4. The molecule has 0 aromatic heterocycles. The molecule has 3 nitrogen and oxygen atoms in total. The third-order valence-electron chi connectivity index (χ3n) is 1.10. The van der Waals surface area contributed by atoms with Gasteiger partial charge in [0.1, 0.15) is 0 Å². The molecule has 0 saturated heterocycles. The summed E-state index contributed by atoms with van der Waals surface area (Å²) in [5, 5.41) is 0. The van der Waals surface area contributed by atoms with E-state index in [0.717, 1.165) is 0 Å². The first kappa shape index (κ1) is 10.5. The van der Waals surface area contributed by atoms with Crippen LogP contribution in [0.1, 0.15) is 6.92 Å². The summed E-state index contributed by atoms with van der Waals surface area (Å²) in [5.74, 6) is -0.418. The predicted molar refractivity (Wildman–Crippen MR) is 48.2 cm³/mol. The number of allylic oxidation sites excluding steroid dienone is 2. The molecule has 0 spiro atoms. The molecule has 0 aliphatic heterocycles. The summed E-state index contributed by atoms with van der Waals surface area (Å²) in [4.78, 5) is 11.0. The molecule has 0 heterocycles. The second-order valence-electron chi connectivity index (χ2n) is 1.94. The standard InChI is InChI=1S/C9H13NO2/c1-3-5-6-8(7-10)9(11)12-4-2/h3,5-7H,1,4,10H2,2H3/b6-5-,8-7+. The molecular weight excluding hydrogens is 154 g/mol. The molecule has 66 valence electrons. The Bertz CT molecular complexity index is 217. The third-order valence-corrected chi connectivity index (χ3v) is 1.10. The highest BCUT2D eigenvalue weighted by atomic mass is 16.5. The van der Waals surface area contributed by atoms with Gasteiger partial charge in [0.2, 0.25) is 0 Å². The largest absolute Gasteiger partial charge is 0.462 e. The van der Waals surface area contributed by atoms with Crippen molar-refractivity contribution in [1.82, 2.24) is 0 Å². The van der Waals surface area contributed by atoms with Crippen molar-refractivity contribution in [2.24, 2.45) is 5.73 Å². The minimum Gasteiger partial charge on any atom is -0.462 e. The molecule has 0 aliphatic rings. The Labute approximate surface area is 72.2 Å². The lowest BCUT2D eigenvalue weighted by Crippen LogP contribution is -2.07. The Morgan fingerprint density at radius 2 is 2.33 bits per heavy atom. The van der Waals surface area contributed by atoms with Gasteiger partial charge in [0.25, 0.3) is 0 Å². The fourth-order valence-corrected chi connectivity index (χ4v) is 0.578. The van der Waals surface area contributed by atoms with Gasteiger partial charge < -0.3 is 10.5 Å². The monoisotopic (exact) mass is 167 g/mol. The van der Waals surface area contributed by atoms with Crippen LogP contribution in [0, 0.1) is 0 Å². The van der Waals surface area contributed by atoms with E-state index in [0.29, 0.717) is 12.2 Å². The molecule has 0 aromatic rings. The maximum absolute atomic E-state index is 11.0. The van der Waals surface area contributed by atoms with E-state index in [1.165, 1.54) is 6.20 Å².